The van der Waals surface area contributed by atoms with Gasteiger partial charge >= 0.3 is 117 Å². The van der Waals surface area contributed by atoms with Gasteiger partial charge in [0, 0.05) is 0 Å². The van der Waals surface area contributed by atoms with E-state index in [0.717, 1.165) is 0 Å². The second-order valence-corrected chi connectivity index (χ2v) is 5.12. The van der Waals surface area contributed by atoms with Crippen molar-refractivity contribution in [2.24, 2.45) is 0 Å². The summed E-state index contributed by atoms with van der Waals surface area (Å²) in [5.41, 5.74) is -0.490. The summed E-state index contributed by atoms with van der Waals surface area (Å²) in [6, 6.07) is 0. The van der Waals surface area contributed by atoms with Crippen LogP contribution in [0, 0.1) is 0 Å². The number of hydrogen-bond acceptors (Lipinski definition) is 2. The first-order valence-electron chi connectivity index (χ1n) is 3.64. The van der Waals surface area contributed by atoms with Gasteiger partial charge in [-0.25, -0.2) is 0 Å². The normalized spacial score (nSPS) is 10.1. The van der Waals surface area contributed by atoms with Crippen molar-refractivity contribution in [3.05, 3.63) is 21.2 Å². The minimum absolute atomic E-state index is 0.00978. The van der Waals surface area contributed by atoms with E-state index in [4.69, 9.17) is 33.4 Å². The first-order valence-corrected chi connectivity index (χ1v) is 6.11. The van der Waals surface area contributed by atoms with Crippen LogP contribution < -0.4 is 8.92 Å². The molecule has 8 heteroatoms. The molecule has 16 heavy (non-hydrogen) atoms. The van der Waals surface area contributed by atoms with E-state index in [0.29, 0.717) is 0 Å². The summed E-state index contributed by atoms with van der Waals surface area (Å²) in [5.74, 6) is -2.57. The second kappa shape index (κ2) is 4.96. The van der Waals surface area contributed by atoms with Crippen molar-refractivity contribution in [2.45, 2.75) is 0 Å². The number of carbonyl (C=O) groups is 2. The van der Waals surface area contributed by atoms with Crippen molar-refractivity contribution in [3.8, 4) is 0 Å². The van der Waals surface area contributed by atoms with Crippen LogP contribution in [0.4, 0.5) is 0 Å². The van der Waals surface area contributed by atoms with Crippen molar-refractivity contribution in [1.82, 2.24) is 0 Å². The van der Waals surface area contributed by atoms with Gasteiger partial charge in [0.2, 0.25) is 0 Å². The Labute approximate surface area is 117 Å². The molecule has 2 N–H and O–H groups in total. The first-order chi connectivity index (χ1) is 7.29. The van der Waals surface area contributed by atoms with Gasteiger partial charge in [-0.15, -0.1) is 0 Å². The standard InChI is InChI=1S/C8H2Cl2O4Se2/c9-3-1(7(11)12)5(15)4(10)2(6(3)16)8(13)14/h(H,11,12)(H,13,14). The van der Waals surface area contributed by atoms with E-state index in [1.165, 1.54) is 0 Å². The van der Waals surface area contributed by atoms with Crippen molar-refractivity contribution < 1.29 is 19.8 Å². The molecular weight excluding hydrogens is 389 g/mol. The van der Waals surface area contributed by atoms with Crippen LogP contribution in [0.3, 0.4) is 0 Å². The van der Waals surface area contributed by atoms with Gasteiger partial charge in [0.15, 0.2) is 0 Å². The SMILES string of the molecule is O=C(O)c1c(Cl)c([Se])c(C(=O)O)c(Cl)c1[Se]. The second-order valence-electron chi connectivity index (χ2n) is 2.65. The Kier molecular flexibility index (Phi) is 4.29. The molecule has 0 saturated heterocycles. The van der Waals surface area contributed by atoms with Crippen molar-refractivity contribution in [1.29, 1.82) is 0 Å². The van der Waals surface area contributed by atoms with E-state index >= 15 is 0 Å². The summed E-state index contributed by atoms with van der Waals surface area (Å²) in [4.78, 5) is 21.8. The molecule has 84 valence electrons. The van der Waals surface area contributed by atoms with Crippen molar-refractivity contribution in [3.63, 3.8) is 0 Å². The zero-order valence-corrected chi connectivity index (χ0v) is 12.2. The molecule has 0 bridgehead atoms. The summed E-state index contributed by atoms with van der Waals surface area (Å²) in [7, 11) is 0. The molecule has 2 radical (unpaired) electrons. The Bertz CT molecular complexity index is 427. The number of rotatable bonds is 2. The van der Waals surface area contributed by atoms with E-state index in [-0.39, 0.29) is 30.1 Å². The van der Waals surface area contributed by atoms with Crippen LogP contribution in [0.5, 0.6) is 0 Å². The number of hydrogen-bond donors (Lipinski definition) is 2. The van der Waals surface area contributed by atoms with Gasteiger partial charge in [0.1, 0.15) is 0 Å². The van der Waals surface area contributed by atoms with Gasteiger partial charge in [0.25, 0.3) is 0 Å². The average Bonchev–Trinajstić information content (AvgIpc) is 2.14. The molecule has 0 amide bonds. The van der Waals surface area contributed by atoms with Crippen LogP contribution in [0.15, 0.2) is 0 Å². The molecule has 0 atom stereocenters. The number of benzene rings is 1. The fraction of sp³-hybridized carbons (Fsp3) is 0. The zero-order valence-electron chi connectivity index (χ0n) is 7.28. The third-order valence-electron chi connectivity index (χ3n) is 1.72. The van der Waals surface area contributed by atoms with Crippen LogP contribution in [-0.2, 0) is 0 Å². The monoisotopic (exact) mass is 392 g/mol. The molecule has 0 unspecified atom stereocenters. The summed E-state index contributed by atoms with van der Waals surface area (Å²) in [5, 5.41) is 17.4. The summed E-state index contributed by atoms with van der Waals surface area (Å²) in [6.07, 6.45) is 0. The molecule has 0 heterocycles. The molecule has 1 rings (SSSR count). The Morgan fingerprint density at radius 2 is 1.12 bits per heavy atom. The number of halogens is 2. The predicted molar refractivity (Wildman–Crippen MR) is 61.2 cm³/mol. The fourth-order valence-electron chi connectivity index (χ4n) is 1.03. The van der Waals surface area contributed by atoms with Crippen LogP contribution in [0.2, 0.25) is 10.0 Å². The molecule has 0 aliphatic heterocycles. The van der Waals surface area contributed by atoms with Crippen LogP contribution in [-0.4, -0.2) is 54.2 Å². The van der Waals surface area contributed by atoms with Crippen LogP contribution in [0.25, 0.3) is 0 Å². The molecule has 0 aliphatic carbocycles. The maximum absolute atomic E-state index is 10.9. The first kappa shape index (κ1) is 13.8. The quantitative estimate of drug-likeness (QED) is 0.696. The molecule has 0 fully saturated rings. The number of carboxylic acid groups (broad SMARTS) is 2. The van der Waals surface area contributed by atoms with Crippen molar-refractivity contribution >= 4 is 76.1 Å². The minimum atomic E-state index is -1.28. The van der Waals surface area contributed by atoms with Gasteiger partial charge in [-0.3, -0.25) is 0 Å². The molecule has 4 nitrogen and oxygen atoms in total. The zero-order chi connectivity index (χ0) is 12.6. The Morgan fingerprint density at radius 1 is 0.875 bits per heavy atom. The number of carboxylic acids is 2. The van der Waals surface area contributed by atoms with E-state index in [1.54, 1.807) is 0 Å². The molecule has 1 aromatic rings. The van der Waals surface area contributed by atoms with E-state index in [9.17, 15) is 9.59 Å². The summed E-state index contributed by atoms with van der Waals surface area (Å²) < 4.78 is 0.0196. The Morgan fingerprint density at radius 3 is 1.31 bits per heavy atom. The van der Waals surface area contributed by atoms with Crippen molar-refractivity contribution in [2.75, 3.05) is 0 Å². The topological polar surface area (TPSA) is 74.6 Å². The van der Waals surface area contributed by atoms with Gasteiger partial charge in [-0.1, -0.05) is 0 Å². The predicted octanol–water partition coefficient (Wildman–Crippen LogP) is -0.0226. The van der Waals surface area contributed by atoms with Gasteiger partial charge in [-0.2, -0.15) is 0 Å². The van der Waals surface area contributed by atoms with Crippen LogP contribution in [0.1, 0.15) is 20.7 Å². The fourth-order valence-corrected chi connectivity index (χ4v) is 3.04. The van der Waals surface area contributed by atoms with E-state index < -0.39 is 11.9 Å². The molecular formula is C8H2Cl2O4Se2. The summed E-state index contributed by atoms with van der Waals surface area (Å²) >= 11 is 16.3. The Balaban J connectivity index is 3.77. The molecule has 0 aromatic heterocycles. The van der Waals surface area contributed by atoms with E-state index in [2.05, 4.69) is 32.0 Å². The van der Waals surface area contributed by atoms with Gasteiger partial charge in [-0.05, 0) is 0 Å². The maximum atomic E-state index is 10.9. The van der Waals surface area contributed by atoms with Crippen LogP contribution >= 0.6 is 23.2 Å². The van der Waals surface area contributed by atoms with Gasteiger partial charge in [0.05, 0.1) is 0 Å². The molecule has 0 spiro atoms. The third-order valence-corrected chi connectivity index (χ3v) is 4.70. The summed E-state index contributed by atoms with van der Waals surface area (Å²) in [6.45, 7) is 0. The number of aromatic carboxylic acids is 2. The molecule has 0 saturated carbocycles. The van der Waals surface area contributed by atoms with Gasteiger partial charge < -0.3 is 0 Å². The average molecular weight is 391 g/mol. The molecule has 0 aliphatic rings. The third kappa shape index (κ3) is 2.23. The Hall–Kier alpha value is -0.221. The van der Waals surface area contributed by atoms with E-state index in [1.807, 2.05) is 0 Å². The molecule has 1 aromatic carbocycles.